The van der Waals surface area contributed by atoms with Crippen LogP contribution in [0.5, 0.6) is 0 Å². The Balaban J connectivity index is 1.48. The summed E-state index contributed by atoms with van der Waals surface area (Å²) in [5.41, 5.74) is -0.874. The number of aryl methyl sites for hydroxylation is 1. The van der Waals surface area contributed by atoms with Gasteiger partial charge in [0.1, 0.15) is 16.8 Å². The number of nitrogens with zero attached hydrogens (tertiary/aromatic N) is 3. The van der Waals surface area contributed by atoms with Crippen molar-refractivity contribution in [2.45, 2.75) is 24.4 Å². The van der Waals surface area contributed by atoms with E-state index in [4.69, 9.17) is 8.97 Å². The highest BCUT2D eigenvalue weighted by Crippen LogP contribution is 2.39. The molecule has 1 atom stereocenters. The third-order valence-electron chi connectivity index (χ3n) is 5.31. The molecule has 16 heteroatoms. The Kier molecular flexibility index (Phi) is 6.04. The van der Waals surface area contributed by atoms with Gasteiger partial charge in [0.25, 0.3) is 10.1 Å². The number of urea groups is 1. The van der Waals surface area contributed by atoms with Crippen LogP contribution < -0.4 is 15.5 Å². The third-order valence-corrected chi connectivity index (χ3v) is 6.45. The lowest BCUT2D eigenvalue weighted by Crippen LogP contribution is -2.55. The number of benzene rings is 1. The van der Waals surface area contributed by atoms with E-state index in [9.17, 15) is 35.2 Å². The number of hydrogen-bond donors (Lipinski definition) is 3. The highest BCUT2D eigenvalue weighted by atomic mass is 32.2. The number of amides is 2. The van der Waals surface area contributed by atoms with E-state index in [0.717, 1.165) is 18.5 Å². The molecule has 0 saturated carbocycles. The number of halogens is 5. The molecular weight excluding hydrogens is 505 g/mol. The fourth-order valence-corrected chi connectivity index (χ4v) is 4.21. The summed E-state index contributed by atoms with van der Waals surface area (Å²) in [7, 11) is -4.20. The standard InChI is InChI=1S/C19H16F5N5O5S/c1-8-12-2-9(20)3-13(21)15(12)34-14(8)16(19(22,23)24)28-18(30)27-10-4-25-17(26-5-10)29-6-11(7-29)35(31,32)33/h2-5,11,16H,6-7H2,1H3,(H2,27,28,30)(H,31,32,33)/t16-/m0/s1. The first kappa shape index (κ1) is 24.6. The van der Waals surface area contributed by atoms with E-state index in [1.807, 2.05) is 0 Å². The van der Waals surface area contributed by atoms with Gasteiger partial charge in [-0.15, -0.1) is 0 Å². The summed E-state index contributed by atoms with van der Waals surface area (Å²) in [5.74, 6) is -2.93. The minimum Gasteiger partial charge on any atom is -0.455 e. The smallest absolute Gasteiger partial charge is 0.416 e. The number of rotatable bonds is 5. The van der Waals surface area contributed by atoms with Crippen LogP contribution in [-0.2, 0) is 10.1 Å². The monoisotopic (exact) mass is 521 g/mol. The zero-order valence-corrected chi connectivity index (χ0v) is 18.4. The van der Waals surface area contributed by atoms with Crippen LogP contribution in [-0.4, -0.2) is 53.5 Å². The van der Waals surface area contributed by atoms with E-state index < -0.39 is 56.6 Å². The summed E-state index contributed by atoms with van der Waals surface area (Å²) >= 11 is 0. The predicted octanol–water partition coefficient (Wildman–Crippen LogP) is 3.31. The minimum absolute atomic E-state index is 0.0549. The normalized spacial score (nSPS) is 15.7. The van der Waals surface area contributed by atoms with E-state index in [1.54, 1.807) is 5.32 Å². The van der Waals surface area contributed by atoms with Gasteiger partial charge in [-0.1, -0.05) is 0 Å². The molecule has 3 N–H and O–H groups in total. The summed E-state index contributed by atoms with van der Waals surface area (Å²) in [6.07, 6.45) is -2.89. The lowest BCUT2D eigenvalue weighted by atomic mass is 10.1. The number of fused-ring (bicyclic) bond motifs is 1. The zero-order valence-electron chi connectivity index (χ0n) is 17.6. The summed E-state index contributed by atoms with van der Waals surface area (Å²) in [4.78, 5) is 21.5. The average Bonchev–Trinajstić information content (AvgIpc) is 3.01. The van der Waals surface area contributed by atoms with Gasteiger partial charge in [-0.2, -0.15) is 21.6 Å². The van der Waals surface area contributed by atoms with Crippen LogP contribution in [0.4, 0.5) is 38.4 Å². The molecule has 0 spiro atoms. The Bertz CT molecular complexity index is 1390. The Labute approximate surface area is 193 Å². The molecule has 1 aliphatic rings. The number of aromatic nitrogens is 2. The van der Waals surface area contributed by atoms with Gasteiger partial charge in [0.05, 0.1) is 18.1 Å². The Morgan fingerprint density at radius 3 is 2.43 bits per heavy atom. The number of carbonyl (C=O) groups excluding carboxylic acids is 1. The molecule has 188 valence electrons. The molecule has 3 heterocycles. The predicted molar refractivity (Wildman–Crippen MR) is 111 cm³/mol. The maximum atomic E-state index is 14.0. The van der Waals surface area contributed by atoms with E-state index in [2.05, 4.69) is 15.3 Å². The number of carbonyl (C=O) groups is 1. The highest BCUT2D eigenvalue weighted by Gasteiger charge is 2.45. The molecule has 0 aliphatic carbocycles. The second-order valence-corrected chi connectivity index (χ2v) is 9.44. The third kappa shape index (κ3) is 4.97. The van der Waals surface area contributed by atoms with E-state index in [0.29, 0.717) is 6.07 Å². The summed E-state index contributed by atoms with van der Waals surface area (Å²) in [6.45, 7) is 1.06. The zero-order chi connectivity index (χ0) is 25.7. The lowest BCUT2D eigenvalue weighted by molar-refractivity contribution is -0.158. The maximum Gasteiger partial charge on any atom is 0.416 e. The molecule has 0 radical (unpaired) electrons. The van der Waals surface area contributed by atoms with Crippen LogP contribution in [0.1, 0.15) is 17.4 Å². The van der Waals surface area contributed by atoms with Crippen LogP contribution >= 0.6 is 0 Å². The van der Waals surface area contributed by atoms with Gasteiger partial charge in [0, 0.05) is 30.1 Å². The molecule has 35 heavy (non-hydrogen) atoms. The van der Waals surface area contributed by atoms with Gasteiger partial charge in [-0.05, 0) is 13.0 Å². The van der Waals surface area contributed by atoms with Gasteiger partial charge < -0.3 is 20.0 Å². The van der Waals surface area contributed by atoms with Crippen molar-refractivity contribution in [2.75, 3.05) is 23.3 Å². The molecule has 10 nitrogen and oxygen atoms in total. The quantitative estimate of drug-likeness (QED) is 0.344. The van der Waals surface area contributed by atoms with Crippen molar-refractivity contribution >= 4 is 38.8 Å². The largest absolute Gasteiger partial charge is 0.455 e. The number of hydrogen-bond acceptors (Lipinski definition) is 7. The van der Waals surface area contributed by atoms with E-state index >= 15 is 0 Å². The molecule has 1 aliphatic heterocycles. The Hall–Kier alpha value is -3.53. The van der Waals surface area contributed by atoms with Crippen LogP contribution in [0.25, 0.3) is 11.0 Å². The molecule has 0 unspecified atom stereocenters. The number of anilines is 2. The topological polar surface area (TPSA) is 138 Å². The fourth-order valence-electron chi connectivity index (χ4n) is 3.47. The first-order valence-corrected chi connectivity index (χ1v) is 11.3. The maximum absolute atomic E-state index is 14.0. The van der Waals surface area contributed by atoms with Crippen LogP contribution in [0.3, 0.4) is 0 Å². The van der Waals surface area contributed by atoms with Gasteiger partial charge in [0.15, 0.2) is 17.4 Å². The van der Waals surface area contributed by atoms with E-state index in [-0.39, 0.29) is 35.7 Å². The van der Waals surface area contributed by atoms with Crippen molar-refractivity contribution in [2.24, 2.45) is 0 Å². The summed E-state index contributed by atoms with van der Waals surface area (Å²) < 4.78 is 105. The van der Waals surface area contributed by atoms with Gasteiger partial charge >= 0.3 is 12.2 Å². The lowest BCUT2D eigenvalue weighted by Gasteiger charge is -2.36. The molecule has 1 fully saturated rings. The second-order valence-electron chi connectivity index (χ2n) is 7.74. The minimum atomic E-state index is -5.05. The summed E-state index contributed by atoms with van der Waals surface area (Å²) in [6, 6.07) is -2.71. The highest BCUT2D eigenvalue weighted by molar-refractivity contribution is 7.86. The van der Waals surface area contributed by atoms with Crippen molar-refractivity contribution in [1.82, 2.24) is 15.3 Å². The molecule has 0 bridgehead atoms. The molecule has 3 aromatic rings. The molecular formula is C19H16F5N5O5S. The fraction of sp³-hybridized carbons (Fsp3) is 0.316. The molecule has 4 rings (SSSR count). The average molecular weight is 521 g/mol. The van der Waals surface area contributed by atoms with Crippen LogP contribution in [0.15, 0.2) is 28.9 Å². The summed E-state index contributed by atoms with van der Waals surface area (Å²) in [5, 5.41) is 2.62. The number of nitrogens with one attached hydrogen (secondary N) is 2. The molecule has 1 aromatic carbocycles. The Morgan fingerprint density at radius 2 is 1.86 bits per heavy atom. The van der Waals surface area contributed by atoms with Gasteiger partial charge in [-0.3, -0.25) is 4.55 Å². The van der Waals surface area contributed by atoms with Crippen molar-refractivity contribution in [3.63, 3.8) is 0 Å². The molecule has 2 amide bonds. The SMILES string of the molecule is Cc1c([C@H](NC(=O)Nc2cnc(N3CC(S(=O)(=O)O)C3)nc2)C(F)(F)F)oc2c(F)cc(F)cc12. The number of alkyl halides is 3. The molecule has 1 saturated heterocycles. The first-order valence-electron chi connectivity index (χ1n) is 9.79. The van der Waals surface area contributed by atoms with Crippen LogP contribution in [0.2, 0.25) is 0 Å². The number of furan rings is 1. The van der Waals surface area contributed by atoms with Crippen molar-refractivity contribution in [3.8, 4) is 0 Å². The van der Waals surface area contributed by atoms with Crippen molar-refractivity contribution in [1.29, 1.82) is 0 Å². The Morgan fingerprint density at radius 1 is 1.23 bits per heavy atom. The van der Waals surface area contributed by atoms with Crippen molar-refractivity contribution < 1.29 is 44.1 Å². The van der Waals surface area contributed by atoms with E-state index in [1.165, 1.54) is 11.8 Å². The molecule has 2 aromatic heterocycles. The second kappa shape index (κ2) is 8.60. The first-order chi connectivity index (χ1) is 16.2. The van der Waals surface area contributed by atoms with Gasteiger partial charge in [0.2, 0.25) is 5.95 Å². The van der Waals surface area contributed by atoms with Gasteiger partial charge in [-0.25, -0.2) is 23.5 Å². The van der Waals surface area contributed by atoms with Crippen molar-refractivity contribution in [3.05, 3.63) is 47.5 Å². The van der Waals surface area contributed by atoms with Crippen LogP contribution in [0, 0.1) is 18.6 Å².